The Morgan fingerprint density at radius 2 is 2.07 bits per heavy atom. The molecule has 6 nitrogen and oxygen atoms in total. The Bertz CT molecular complexity index is 982. The fourth-order valence-electron chi connectivity index (χ4n) is 3.77. The highest BCUT2D eigenvalue weighted by Crippen LogP contribution is 2.23. The molecule has 0 saturated carbocycles. The van der Waals surface area contributed by atoms with Crippen molar-refractivity contribution in [1.82, 2.24) is 15.1 Å². The summed E-state index contributed by atoms with van der Waals surface area (Å²) in [5, 5.41) is 10.3. The zero-order chi connectivity index (χ0) is 20.8. The first kappa shape index (κ1) is 20.5. The topological polar surface area (TPSA) is 63.7 Å². The van der Waals surface area contributed by atoms with Crippen LogP contribution in [0.3, 0.4) is 0 Å². The van der Waals surface area contributed by atoms with Crippen molar-refractivity contribution in [2.24, 2.45) is 0 Å². The highest BCUT2D eigenvalue weighted by molar-refractivity contribution is 7.13. The third kappa shape index (κ3) is 5.04. The molecule has 1 atom stereocenters. The molecule has 1 aliphatic heterocycles. The number of carbonyl (C=O) groups is 1. The maximum atomic E-state index is 12.9. The molecule has 3 heterocycles. The van der Waals surface area contributed by atoms with E-state index in [2.05, 4.69) is 47.5 Å². The summed E-state index contributed by atoms with van der Waals surface area (Å²) in [7, 11) is 0. The first-order chi connectivity index (χ1) is 14.7. The second-order valence-corrected chi connectivity index (χ2v) is 8.46. The van der Waals surface area contributed by atoms with E-state index in [4.69, 9.17) is 4.42 Å². The van der Waals surface area contributed by atoms with Gasteiger partial charge in [-0.2, -0.15) is 0 Å². The van der Waals surface area contributed by atoms with Gasteiger partial charge in [-0.3, -0.25) is 4.79 Å². The van der Waals surface area contributed by atoms with Gasteiger partial charge in [0.15, 0.2) is 13.1 Å². The molecule has 0 saturated heterocycles. The van der Waals surface area contributed by atoms with E-state index < -0.39 is 0 Å². The van der Waals surface area contributed by atoms with Crippen molar-refractivity contribution >= 4 is 22.8 Å². The van der Waals surface area contributed by atoms with Crippen LogP contribution in [0.15, 0.2) is 58.3 Å². The molecular formula is C23H27N4O2S+. The van der Waals surface area contributed by atoms with Crippen LogP contribution in [-0.2, 0) is 11.3 Å². The Hall–Kier alpha value is -2.77. The van der Waals surface area contributed by atoms with Gasteiger partial charge >= 0.3 is 0 Å². The van der Waals surface area contributed by atoms with E-state index in [0.717, 1.165) is 35.7 Å². The molecule has 1 unspecified atom stereocenters. The maximum Gasteiger partial charge on any atom is 0.278 e. The van der Waals surface area contributed by atoms with E-state index in [0.29, 0.717) is 31.4 Å². The van der Waals surface area contributed by atoms with E-state index in [1.165, 1.54) is 11.1 Å². The molecule has 0 radical (unpaired) electrons. The third-order valence-corrected chi connectivity index (χ3v) is 6.17. The number of carbonyl (C=O) groups excluding carboxylic acids is 1. The SMILES string of the molecule is CCC[NH+](CC(=O)N1CC=C(c2ccccc2)CC1)Cc1nnc(-c2cccs2)o1. The van der Waals surface area contributed by atoms with Crippen molar-refractivity contribution in [3.05, 3.63) is 65.4 Å². The minimum Gasteiger partial charge on any atom is -0.414 e. The van der Waals surface area contributed by atoms with Gasteiger partial charge in [-0.1, -0.05) is 49.4 Å². The summed E-state index contributed by atoms with van der Waals surface area (Å²) >= 11 is 1.58. The number of nitrogens with zero attached hydrogens (tertiary/aromatic N) is 3. The number of nitrogens with one attached hydrogen (secondary N) is 1. The number of aromatic nitrogens is 2. The van der Waals surface area contributed by atoms with Gasteiger partial charge in [0.2, 0.25) is 0 Å². The molecule has 156 valence electrons. The molecule has 4 rings (SSSR count). The van der Waals surface area contributed by atoms with Crippen LogP contribution in [0.5, 0.6) is 0 Å². The summed E-state index contributed by atoms with van der Waals surface area (Å²) in [6.45, 7) is 5.47. The number of rotatable bonds is 8. The van der Waals surface area contributed by atoms with Gasteiger partial charge in [-0.15, -0.1) is 21.5 Å². The van der Waals surface area contributed by atoms with Crippen LogP contribution in [-0.4, -0.2) is 47.2 Å². The lowest BCUT2D eigenvalue weighted by molar-refractivity contribution is -0.907. The zero-order valence-electron chi connectivity index (χ0n) is 17.2. The Morgan fingerprint density at radius 3 is 2.77 bits per heavy atom. The maximum absolute atomic E-state index is 12.9. The van der Waals surface area contributed by atoms with Gasteiger partial charge in [-0.05, 0) is 35.4 Å². The van der Waals surface area contributed by atoms with E-state index in [1.807, 2.05) is 28.5 Å². The molecule has 1 amide bonds. The van der Waals surface area contributed by atoms with Crippen molar-refractivity contribution in [3.8, 4) is 10.8 Å². The number of benzene rings is 1. The van der Waals surface area contributed by atoms with Crippen LogP contribution >= 0.6 is 11.3 Å². The summed E-state index contributed by atoms with van der Waals surface area (Å²) in [4.78, 5) is 17.0. The number of amides is 1. The molecule has 1 aromatic carbocycles. The van der Waals surface area contributed by atoms with Gasteiger partial charge in [-0.25, -0.2) is 0 Å². The molecule has 1 aliphatic rings. The minimum absolute atomic E-state index is 0.180. The Morgan fingerprint density at radius 1 is 1.20 bits per heavy atom. The lowest BCUT2D eigenvalue weighted by atomic mass is 9.99. The second kappa shape index (κ2) is 9.82. The Kier molecular flexibility index (Phi) is 6.71. The van der Waals surface area contributed by atoms with E-state index in [9.17, 15) is 4.79 Å². The minimum atomic E-state index is 0.180. The van der Waals surface area contributed by atoms with E-state index >= 15 is 0 Å². The van der Waals surface area contributed by atoms with Crippen molar-refractivity contribution in [2.75, 3.05) is 26.2 Å². The fourth-order valence-corrected chi connectivity index (χ4v) is 4.41. The highest BCUT2D eigenvalue weighted by Gasteiger charge is 2.24. The quantitative estimate of drug-likeness (QED) is 0.605. The van der Waals surface area contributed by atoms with Crippen LogP contribution in [0.2, 0.25) is 0 Å². The number of thiophene rings is 1. The van der Waals surface area contributed by atoms with Crippen LogP contribution in [0.1, 0.15) is 31.2 Å². The molecule has 0 aliphatic carbocycles. The van der Waals surface area contributed by atoms with Crippen molar-refractivity contribution < 1.29 is 14.1 Å². The zero-order valence-corrected chi connectivity index (χ0v) is 18.0. The summed E-state index contributed by atoms with van der Waals surface area (Å²) in [6, 6.07) is 14.3. The second-order valence-electron chi connectivity index (χ2n) is 7.52. The number of hydrogen-bond acceptors (Lipinski definition) is 5. The van der Waals surface area contributed by atoms with Gasteiger partial charge in [0, 0.05) is 13.1 Å². The van der Waals surface area contributed by atoms with Gasteiger partial charge in [0.05, 0.1) is 11.4 Å². The van der Waals surface area contributed by atoms with E-state index in [1.54, 1.807) is 11.3 Å². The van der Waals surface area contributed by atoms with Crippen molar-refractivity contribution in [3.63, 3.8) is 0 Å². The molecule has 30 heavy (non-hydrogen) atoms. The van der Waals surface area contributed by atoms with Crippen molar-refractivity contribution in [2.45, 2.75) is 26.3 Å². The van der Waals surface area contributed by atoms with Gasteiger partial charge < -0.3 is 14.2 Å². The van der Waals surface area contributed by atoms with Gasteiger partial charge in [0.25, 0.3) is 17.7 Å². The number of quaternary nitrogens is 1. The van der Waals surface area contributed by atoms with Crippen LogP contribution in [0.25, 0.3) is 16.3 Å². The third-order valence-electron chi connectivity index (χ3n) is 5.31. The smallest absolute Gasteiger partial charge is 0.278 e. The summed E-state index contributed by atoms with van der Waals surface area (Å²) < 4.78 is 5.83. The lowest BCUT2D eigenvalue weighted by Crippen LogP contribution is -3.12. The highest BCUT2D eigenvalue weighted by atomic mass is 32.1. The molecular weight excluding hydrogens is 396 g/mol. The van der Waals surface area contributed by atoms with Crippen LogP contribution in [0, 0.1) is 0 Å². The number of hydrogen-bond donors (Lipinski definition) is 1. The fraction of sp³-hybridized carbons (Fsp3) is 0.348. The summed E-state index contributed by atoms with van der Waals surface area (Å²) in [5.74, 6) is 1.32. The van der Waals surface area contributed by atoms with E-state index in [-0.39, 0.29) is 5.91 Å². The average Bonchev–Trinajstić information content (AvgIpc) is 3.47. The molecule has 3 aromatic rings. The Labute approximate surface area is 180 Å². The predicted molar refractivity (Wildman–Crippen MR) is 118 cm³/mol. The molecule has 7 heteroatoms. The largest absolute Gasteiger partial charge is 0.414 e. The molecule has 0 fully saturated rings. The van der Waals surface area contributed by atoms with Gasteiger partial charge in [0.1, 0.15) is 0 Å². The summed E-state index contributed by atoms with van der Waals surface area (Å²) in [6.07, 6.45) is 4.07. The normalized spacial score (nSPS) is 15.1. The predicted octanol–water partition coefficient (Wildman–Crippen LogP) is 2.91. The first-order valence-electron chi connectivity index (χ1n) is 10.4. The Balaban J connectivity index is 1.35. The van der Waals surface area contributed by atoms with Crippen molar-refractivity contribution in [1.29, 1.82) is 0 Å². The molecule has 1 N–H and O–H groups in total. The summed E-state index contributed by atoms with van der Waals surface area (Å²) in [5.41, 5.74) is 2.57. The molecule has 0 bridgehead atoms. The monoisotopic (exact) mass is 423 g/mol. The standard InChI is InChI=1S/C23H26N4O2S/c1-2-12-26(16-21-24-25-23(29-21)20-9-6-15-30-20)17-22(28)27-13-10-19(11-14-27)18-7-4-3-5-8-18/h3-10,15H,2,11-14,16-17H2,1H3/p+1. The van der Waals surface area contributed by atoms with Crippen LogP contribution in [0.4, 0.5) is 0 Å². The average molecular weight is 424 g/mol. The molecule has 2 aromatic heterocycles. The van der Waals surface area contributed by atoms with Crippen LogP contribution < -0.4 is 4.90 Å². The first-order valence-corrected chi connectivity index (χ1v) is 11.3. The molecule has 0 spiro atoms. The lowest BCUT2D eigenvalue weighted by Gasteiger charge is -2.28.